The summed E-state index contributed by atoms with van der Waals surface area (Å²) in [5.74, 6) is 1.02. The van der Waals surface area contributed by atoms with Crippen LogP contribution in [-0.4, -0.2) is 39.1 Å². The van der Waals surface area contributed by atoms with Gasteiger partial charge in [0.15, 0.2) is 0 Å². The molecule has 0 bridgehead atoms. The summed E-state index contributed by atoms with van der Waals surface area (Å²) in [5.41, 5.74) is 4.05. The summed E-state index contributed by atoms with van der Waals surface area (Å²) in [6.07, 6.45) is 1.99. The smallest absolute Gasteiger partial charge is 0.219 e. The first-order valence-electron chi connectivity index (χ1n) is 8.30. The highest BCUT2D eigenvalue weighted by atomic mass is 16.5. The predicted octanol–water partition coefficient (Wildman–Crippen LogP) is 2.57. The molecule has 2 aromatic rings. The molecule has 0 aromatic carbocycles. The van der Waals surface area contributed by atoms with Crippen molar-refractivity contribution in [3.05, 3.63) is 34.8 Å². The minimum absolute atomic E-state index is 0.0864. The van der Waals surface area contributed by atoms with Crippen molar-refractivity contribution in [2.75, 3.05) is 13.1 Å². The van der Waals surface area contributed by atoms with E-state index in [4.69, 9.17) is 9.51 Å². The lowest BCUT2D eigenvalue weighted by Crippen LogP contribution is -2.37. The van der Waals surface area contributed by atoms with Crippen LogP contribution in [0.1, 0.15) is 48.4 Å². The van der Waals surface area contributed by atoms with Crippen molar-refractivity contribution in [1.29, 1.82) is 0 Å². The maximum Gasteiger partial charge on any atom is 0.219 e. The summed E-state index contributed by atoms with van der Waals surface area (Å²) in [4.78, 5) is 18.4. The number of carbonyl (C=O) groups is 1. The van der Waals surface area contributed by atoms with Crippen LogP contribution in [0, 0.1) is 13.8 Å². The minimum Gasteiger partial charge on any atom is -0.392 e. The third-order valence-corrected chi connectivity index (χ3v) is 4.73. The van der Waals surface area contributed by atoms with Gasteiger partial charge in [-0.15, -0.1) is 0 Å². The predicted molar refractivity (Wildman–Crippen MR) is 89.4 cm³/mol. The van der Waals surface area contributed by atoms with Crippen molar-refractivity contribution < 1.29 is 14.4 Å². The molecular formula is C18H23N3O3. The molecule has 1 N–H and O–H groups in total. The van der Waals surface area contributed by atoms with Gasteiger partial charge in [-0.05, 0) is 32.8 Å². The van der Waals surface area contributed by atoms with Gasteiger partial charge in [-0.3, -0.25) is 9.78 Å². The van der Waals surface area contributed by atoms with Gasteiger partial charge >= 0.3 is 0 Å². The van der Waals surface area contributed by atoms with Gasteiger partial charge in [-0.2, -0.15) is 0 Å². The van der Waals surface area contributed by atoms with Gasteiger partial charge in [0.1, 0.15) is 5.76 Å². The second-order valence-electron chi connectivity index (χ2n) is 6.41. The molecule has 1 atom stereocenters. The molecule has 6 heteroatoms. The van der Waals surface area contributed by atoms with Crippen LogP contribution in [0.4, 0.5) is 0 Å². The third-order valence-electron chi connectivity index (χ3n) is 4.73. The van der Waals surface area contributed by atoms with Crippen molar-refractivity contribution in [2.24, 2.45) is 0 Å². The Labute approximate surface area is 141 Å². The summed E-state index contributed by atoms with van der Waals surface area (Å²) in [6, 6.07) is 3.87. The first-order valence-corrected chi connectivity index (χ1v) is 8.30. The maximum atomic E-state index is 11.7. The second kappa shape index (κ2) is 6.73. The molecule has 3 heterocycles. The van der Waals surface area contributed by atoms with Crippen molar-refractivity contribution in [2.45, 2.75) is 46.1 Å². The standard InChI is InChI=1S/C18H23N3O3/c1-11-17(12(2)24-20-11)18-15(10-22)6-7-16(19-18)14-5-4-8-21(9-14)13(3)23/h6-7,14,22H,4-5,8-10H2,1-3H3/t14-/m0/s1. The van der Waals surface area contributed by atoms with Crippen LogP contribution in [0.3, 0.4) is 0 Å². The highest BCUT2D eigenvalue weighted by Crippen LogP contribution is 2.32. The lowest BCUT2D eigenvalue weighted by Gasteiger charge is -2.32. The summed E-state index contributed by atoms with van der Waals surface area (Å²) in [5, 5.41) is 13.7. The number of pyridine rings is 1. The first kappa shape index (κ1) is 16.6. The topological polar surface area (TPSA) is 79.5 Å². The number of hydrogen-bond acceptors (Lipinski definition) is 5. The fraction of sp³-hybridized carbons (Fsp3) is 0.500. The number of hydrogen-bond donors (Lipinski definition) is 1. The normalized spacial score (nSPS) is 18.0. The van der Waals surface area contributed by atoms with Crippen LogP contribution in [-0.2, 0) is 11.4 Å². The van der Waals surface area contributed by atoms with E-state index in [-0.39, 0.29) is 18.4 Å². The van der Waals surface area contributed by atoms with E-state index in [9.17, 15) is 9.90 Å². The Hall–Kier alpha value is -2.21. The van der Waals surface area contributed by atoms with E-state index in [0.29, 0.717) is 12.3 Å². The molecule has 0 aliphatic carbocycles. The lowest BCUT2D eigenvalue weighted by atomic mass is 9.93. The lowest BCUT2D eigenvalue weighted by molar-refractivity contribution is -0.130. The SMILES string of the molecule is CC(=O)N1CCC[C@H](c2ccc(CO)c(-c3c(C)noc3C)n2)C1. The maximum absolute atomic E-state index is 11.7. The third kappa shape index (κ3) is 3.06. The molecule has 1 saturated heterocycles. The fourth-order valence-electron chi connectivity index (χ4n) is 3.40. The molecule has 2 aromatic heterocycles. The number of likely N-dealkylation sites (tertiary alicyclic amines) is 1. The molecule has 1 aliphatic heterocycles. The first-order chi connectivity index (χ1) is 11.5. The summed E-state index contributed by atoms with van der Waals surface area (Å²) in [7, 11) is 0. The Morgan fingerprint density at radius 3 is 2.83 bits per heavy atom. The van der Waals surface area contributed by atoms with Gasteiger partial charge in [0.05, 0.1) is 23.6 Å². The van der Waals surface area contributed by atoms with E-state index in [0.717, 1.165) is 47.6 Å². The molecule has 6 nitrogen and oxygen atoms in total. The molecule has 0 unspecified atom stereocenters. The number of aliphatic hydroxyl groups is 1. The average Bonchev–Trinajstić information content (AvgIpc) is 2.93. The van der Waals surface area contributed by atoms with E-state index in [1.54, 1.807) is 6.92 Å². The van der Waals surface area contributed by atoms with Crippen LogP contribution in [0.5, 0.6) is 0 Å². The van der Waals surface area contributed by atoms with Crippen LogP contribution >= 0.6 is 0 Å². The summed E-state index contributed by atoms with van der Waals surface area (Å²) in [6.45, 7) is 6.76. The Bertz CT molecular complexity index is 734. The number of amides is 1. The number of aromatic nitrogens is 2. The van der Waals surface area contributed by atoms with E-state index < -0.39 is 0 Å². The Balaban J connectivity index is 1.99. The van der Waals surface area contributed by atoms with Gasteiger partial charge < -0.3 is 14.5 Å². The molecule has 3 rings (SSSR count). The van der Waals surface area contributed by atoms with Gasteiger partial charge in [0, 0.05) is 37.2 Å². The Kier molecular flexibility index (Phi) is 4.66. The van der Waals surface area contributed by atoms with Gasteiger partial charge in [-0.25, -0.2) is 0 Å². The fourth-order valence-corrected chi connectivity index (χ4v) is 3.40. The van der Waals surface area contributed by atoms with Crippen LogP contribution in [0.15, 0.2) is 16.7 Å². The molecule has 24 heavy (non-hydrogen) atoms. The van der Waals surface area contributed by atoms with E-state index in [2.05, 4.69) is 5.16 Å². The molecule has 0 spiro atoms. The largest absolute Gasteiger partial charge is 0.392 e. The molecule has 1 aliphatic rings. The second-order valence-corrected chi connectivity index (χ2v) is 6.41. The van der Waals surface area contributed by atoms with Gasteiger partial charge in [0.2, 0.25) is 5.91 Å². The minimum atomic E-state index is -0.0864. The molecule has 1 fully saturated rings. The monoisotopic (exact) mass is 329 g/mol. The number of carbonyl (C=O) groups excluding carboxylic acids is 1. The Morgan fingerprint density at radius 2 is 2.21 bits per heavy atom. The van der Waals surface area contributed by atoms with Crippen molar-refractivity contribution >= 4 is 5.91 Å². The Morgan fingerprint density at radius 1 is 1.42 bits per heavy atom. The summed E-state index contributed by atoms with van der Waals surface area (Å²) < 4.78 is 5.26. The van der Waals surface area contributed by atoms with Crippen LogP contribution in [0.25, 0.3) is 11.3 Å². The van der Waals surface area contributed by atoms with Crippen molar-refractivity contribution in [3.8, 4) is 11.3 Å². The highest BCUT2D eigenvalue weighted by Gasteiger charge is 2.25. The average molecular weight is 329 g/mol. The van der Waals surface area contributed by atoms with E-state index in [1.807, 2.05) is 30.9 Å². The van der Waals surface area contributed by atoms with E-state index in [1.165, 1.54) is 0 Å². The zero-order valence-corrected chi connectivity index (χ0v) is 14.4. The molecular weight excluding hydrogens is 306 g/mol. The zero-order chi connectivity index (χ0) is 17.3. The molecule has 128 valence electrons. The zero-order valence-electron chi connectivity index (χ0n) is 14.4. The van der Waals surface area contributed by atoms with E-state index >= 15 is 0 Å². The molecule has 0 radical (unpaired) electrons. The van der Waals surface area contributed by atoms with Gasteiger partial charge in [-0.1, -0.05) is 11.2 Å². The number of rotatable bonds is 3. The number of nitrogens with zero attached hydrogens (tertiary/aromatic N) is 3. The highest BCUT2D eigenvalue weighted by molar-refractivity contribution is 5.73. The quantitative estimate of drug-likeness (QED) is 0.936. The number of aryl methyl sites for hydroxylation is 2. The van der Waals surface area contributed by atoms with Crippen LogP contribution < -0.4 is 0 Å². The van der Waals surface area contributed by atoms with Crippen LogP contribution in [0.2, 0.25) is 0 Å². The molecule has 1 amide bonds. The van der Waals surface area contributed by atoms with Crippen molar-refractivity contribution in [3.63, 3.8) is 0 Å². The van der Waals surface area contributed by atoms with Gasteiger partial charge in [0.25, 0.3) is 0 Å². The van der Waals surface area contributed by atoms with Crippen molar-refractivity contribution in [1.82, 2.24) is 15.0 Å². The molecule has 0 saturated carbocycles. The number of piperidine rings is 1. The number of aliphatic hydroxyl groups excluding tert-OH is 1. The summed E-state index contributed by atoms with van der Waals surface area (Å²) >= 11 is 0.